The highest BCUT2D eigenvalue weighted by molar-refractivity contribution is 7.11. The van der Waals surface area contributed by atoms with Crippen molar-refractivity contribution in [2.75, 3.05) is 19.7 Å². The van der Waals surface area contributed by atoms with Crippen LogP contribution in [0.4, 0.5) is 0 Å². The van der Waals surface area contributed by atoms with Crippen molar-refractivity contribution in [2.24, 2.45) is 0 Å². The molecule has 21 heavy (non-hydrogen) atoms. The van der Waals surface area contributed by atoms with Crippen LogP contribution in [0.15, 0.2) is 12.1 Å². The van der Waals surface area contributed by atoms with Crippen molar-refractivity contribution in [1.29, 1.82) is 0 Å². The van der Waals surface area contributed by atoms with Crippen molar-refractivity contribution in [3.8, 4) is 0 Å². The second-order valence-corrected chi connectivity index (χ2v) is 7.13. The molecule has 0 radical (unpaired) electrons. The molecular weight excluding hydrogens is 284 g/mol. The second-order valence-electron chi connectivity index (χ2n) is 5.88. The van der Waals surface area contributed by atoms with Crippen LogP contribution in [0.3, 0.4) is 0 Å². The smallest absolute Gasteiger partial charge is 0.234 e. The molecule has 1 amide bonds. The summed E-state index contributed by atoms with van der Waals surface area (Å²) in [5.74, 6) is 0.133. The Kier molecular flexibility index (Phi) is 4.93. The summed E-state index contributed by atoms with van der Waals surface area (Å²) in [5.41, 5.74) is 0. The molecule has 1 saturated heterocycles. The van der Waals surface area contributed by atoms with Gasteiger partial charge in [-0.25, -0.2) is 0 Å². The standard InChI is InChI=1S/C16H24N2O2S/c1-2-12-6-7-13(21-12)10-17-16(19)11-18-8-9-20-15-5-3-4-14(15)18/h6-7,14-15H,2-5,8-11H2,1H3,(H,17,19)/t14-,15+/m1/s1. The van der Waals surface area contributed by atoms with Gasteiger partial charge in [0.05, 0.1) is 25.8 Å². The Labute approximate surface area is 130 Å². The SMILES string of the molecule is CCc1ccc(CNC(=O)CN2CCO[C@H]3CCC[C@H]32)s1. The molecule has 1 aromatic heterocycles. The second kappa shape index (κ2) is 6.90. The first kappa shape index (κ1) is 15.0. The quantitative estimate of drug-likeness (QED) is 0.906. The Morgan fingerprint density at radius 1 is 1.43 bits per heavy atom. The number of fused-ring (bicyclic) bond motifs is 1. The molecule has 1 aliphatic carbocycles. The molecule has 2 heterocycles. The Bertz CT molecular complexity index is 488. The molecule has 1 aliphatic heterocycles. The number of hydrogen-bond acceptors (Lipinski definition) is 4. The molecule has 116 valence electrons. The Morgan fingerprint density at radius 2 is 2.29 bits per heavy atom. The summed E-state index contributed by atoms with van der Waals surface area (Å²) in [5, 5.41) is 3.05. The fraction of sp³-hybridized carbons (Fsp3) is 0.688. The van der Waals surface area contributed by atoms with E-state index >= 15 is 0 Å². The number of carbonyl (C=O) groups is 1. The third-order valence-corrected chi connectivity index (χ3v) is 5.70. The summed E-state index contributed by atoms with van der Waals surface area (Å²) >= 11 is 1.79. The largest absolute Gasteiger partial charge is 0.375 e. The van der Waals surface area contributed by atoms with E-state index in [1.54, 1.807) is 11.3 Å². The lowest BCUT2D eigenvalue weighted by atomic mass is 10.1. The van der Waals surface area contributed by atoms with E-state index < -0.39 is 0 Å². The first-order chi connectivity index (χ1) is 10.3. The number of carbonyl (C=O) groups excluding carboxylic acids is 1. The molecule has 5 heteroatoms. The summed E-state index contributed by atoms with van der Waals surface area (Å²) in [4.78, 5) is 17.1. The van der Waals surface area contributed by atoms with Crippen LogP contribution >= 0.6 is 11.3 Å². The lowest BCUT2D eigenvalue weighted by Crippen LogP contribution is -2.51. The predicted molar refractivity (Wildman–Crippen MR) is 84.5 cm³/mol. The van der Waals surface area contributed by atoms with E-state index in [2.05, 4.69) is 29.3 Å². The first-order valence-electron chi connectivity index (χ1n) is 7.96. The summed E-state index contributed by atoms with van der Waals surface area (Å²) in [6, 6.07) is 4.72. The zero-order chi connectivity index (χ0) is 14.7. The van der Waals surface area contributed by atoms with Crippen molar-refractivity contribution in [1.82, 2.24) is 10.2 Å². The third kappa shape index (κ3) is 3.65. The molecular formula is C16H24N2O2S. The minimum Gasteiger partial charge on any atom is -0.375 e. The fourth-order valence-corrected chi connectivity index (χ4v) is 4.23. The monoisotopic (exact) mass is 308 g/mol. The molecule has 0 unspecified atom stereocenters. The van der Waals surface area contributed by atoms with Gasteiger partial charge in [0.25, 0.3) is 0 Å². The fourth-order valence-electron chi connectivity index (χ4n) is 3.34. The van der Waals surface area contributed by atoms with Gasteiger partial charge in [0.1, 0.15) is 0 Å². The number of rotatable bonds is 5. The molecule has 1 aromatic rings. The van der Waals surface area contributed by atoms with Gasteiger partial charge in [0, 0.05) is 22.3 Å². The van der Waals surface area contributed by atoms with E-state index in [1.165, 1.54) is 22.6 Å². The zero-order valence-corrected chi connectivity index (χ0v) is 13.5. The maximum atomic E-state index is 12.2. The van der Waals surface area contributed by atoms with Crippen LogP contribution in [0.25, 0.3) is 0 Å². The van der Waals surface area contributed by atoms with Gasteiger partial charge in [-0.15, -0.1) is 11.3 Å². The molecule has 1 N–H and O–H groups in total. The molecule has 4 nitrogen and oxygen atoms in total. The van der Waals surface area contributed by atoms with Crippen LogP contribution in [-0.4, -0.2) is 42.6 Å². The molecule has 1 saturated carbocycles. The average molecular weight is 308 g/mol. The summed E-state index contributed by atoms with van der Waals surface area (Å²) < 4.78 is 5.79. The van der Waals surface area contributed by atoms with Crippen LogP contribution in [0.5, 0.6) is 0 Å². The highest BCUT2D eigenvalue weighted by atomic mass is 32.1. The molecule has 2 aliphatic rings. The number of amides is 1. The average Bonchev–Trinajstić information content (AvgIpc) is 3.14. The molecule has 3 rings (SSSR count). The number of hydrogen-bond donors (Lipinski definition) is 1. The van der Waals surface area contributed by atoms with Crippen molar-refractivity contribution in [3.05, 3.63) is 21.9 Å². The normalized spacial score (nSPS) is 25.8. The Hall–Kier alpha value is -0.910. The van der Waals surface area contributed by atoms with E-state index in [1.807, 2.05) is 0 Å². The van der Waals surface area contributed by atoms with Gasteiger partial charge in [0.2, 0.25) is 5.91 Å². The molecule has 0 spiro atoms. The summed E-state index contributed by atoms with van der Waals surface area (Å²) in [6.45, 7) is 4.97. The molecule has 0 aromatic carbocycles. The van der Waals surface area contributed by atoms with Crippen molar-refractivity contribution < 1.29 is 9.53 Å². The predicted octanol–water partition coefficient (Wildman–Crippen LogP) is 2.18. The topological polar surface area (TPSA) is 41.6 Å². The van der Waals surface area contributed by atoms with Gasteiger partial charge in [-0.05, 0) is 37.8 Å². The maximum absolute atomic E-state index is 12.2. The number of nitrogens with zero attached hydrogens (tertiary/aromatic N) is 1. The highest BCUT2D eigenvalue weighted by Crippen LogP contribution is 2.29. The van der Waals surface area contributed by atoms with Gasteiger partial charge in [-0.3, -0.25) is 9.69 Å². The lowest BCUT2D eigenvalue weighted by molar-refractivity contribution is -0.126. The van der Waals surface area contributed by atoms with Gasteiger partial charge in [-0.1, -0.05) is 6.92 Å². The van der Waals surface area contributed by atoms with Crippen LogP contribution in [0.2, 0.25) is 0 Å². The molecule has 2 atom stereocenters. The van der Waals surface area contributed by atoms with Gasteiger partial charge in [-0.2, -0.15) is 0 Å². The number of nitrogens with one attached hydrogen (secondary N) is 1. The zero-order valence-electron chi connectivity index (χ0n) is 12.6. The summed E-state index contributed by atoms with van der Waals surface area (Å²) in [6.07, 6.45) is 4.97. The summed E-state index contributed by atoms with van der Waals surface area (Å²) in [7, 11) is 0. The third-order valence-electron chi connectivity index (χ3n) is 4.47. The van der Waals surface area contributed by atoms with Gasteiger partial charge < -0.3 is 10.1 Å². The van der Waals surface area contributed by atoms with Crippen LogP contribution < -0.4 is 5.32 Å². The van der Waals surface area contributed by atoms with E-state index in [0.29, 0.717) is 25.2 Å². The van der Waals surface area contributed by atoms with E-state index in [-0.39, 0.29) is 5.91 Å². The van der Waals surface area contributed by atoms with Gasteiger partial charge >= 0.3 is 0 Å². The molecule has 2 fully saturated rings. The lowest BCUT2D eigenvalue weighted by Gasteiger charge is -2.37. The van der Waals surface area contributed by atoms with Crippen LogP contribution in [0, 0.1) is 0 Å². The van der Waals surface area contributed by atoms with Crippen molar-refractivity contribution >= 4 is 17.2 Å². The van der Waals surface area contributed by atoms with Crippen molar-refractivity contribution in [2.45, 2.75) is 51.3 Å². The van der Waals surface area contributed by atoms with E-state index in [9.17, 15) is 4.79 Å². The number of morpholine rings is 1. The number of ether oxygens (including phenoxy) is 1. The minimum absolute atomic E-state index is 0.133. The van der Waals surface area contributed by atoms with Crippen LogP contribution in [-0.2, 0) is 22.5 Å². The first-order valence-corrected chi connectivity index (χ1v) is 8.78. The Balaban J connectivity index is 1.47. The van der Waals surface area contributed by atoms with E-state index in [0.717, 1.165) is 26.0 Å². The van der Waals surface area contributed by atoms with Crippen molar-refractivity contribution in [3.63, 3.8) is 0 Å². The maximum Gasteiger partial charge on any atom is 0.234 e. The van der Waals surface area contributed by atoms with Crippen LogP contribution in [0.1, 0.15) is 35.9 Å². The highest BCUT2D eigenvalue weighted by Gasteiger charge is 2.36. The van der Waals surface area contributed by atoms with Gasteiger partial charge in [0.15, 0.2) is 0 Å². The Morgan fingerprint density at radius 3 is 3.10 bits per heavy atom. The van der Waals surface area contributed by atoms with E-state index in [4.69, 9.17) is 4.74 Å². The molecule has 0 bridgehead atoms. The number of aryl methyl sites for hydroxylation is 1. The number of thiophene rings is 1. The minimum atomic E-state index is 0.133.